The van der Waals surface area contributed by atoms with Crippen LogP contribution in [0.3, 0.4) is 0 Å². The standard InChI is InChI=1S/C50H68N8O4/c1-36(2)32-44(54-50(62)47(60)42(51)34-39-19-12-9-13-20-39)49(61)52-25-16-8-6-4-5-7-11-18-38-21-17-24-41(33-38)43-35-45(57-28-26-56(27-29-57)30-31-59)58-48(53-43)46(37(3)55-58)40-22-14-10-15-23-40/h9-10,12-15,17,19-24,33,35-36,42,44,47,59-60H,4-8,11,16,18,25-32,34,51H2,1-3H3,(H,52,61)(H,54,62)/t42-,44+,47+/m1/s1. The molecule has 3 aromatic carbocycles. The Hall–Kier alpha value is -5.14. The third-order valence-electron chi connectivity index (χ3n) is 11.9. The predicted molar refractivity (Wildman–Crippen MR) is 249 cm³/mol. The number of aliphatic hydroxyl groups is 2. The van der Waals surface area contributed by atoms with Crippen LogP contribution in [0, 0.1) is 12.8 Å². The SMILES string of the molecule is Cc1nn2c(N3CCN(CCO)CC3)cc(-c3cccc(CCCCCCCCCNC(=O)[C@H](CC(C)C)NC(=O)[C@@H](O)[C@H](N)Cc4ccccc4)c3)nc2c1-c1ccccc1. The highest BCUT2D eigenvalue weighted by atomic mass is 16.3. The second-order valence-electron chi connectivity index (χ2n) is 17.3. The number of fused-ring (bicyclic) bond motifs is 1. The summed E-state index contributed by atoms with van der Waals surface area (Å²) in [5.74, 6) is 0.387. The van der Waals surface area contributed by atoms with E-state index in [1.54, 1.807) is 0 Å². The third kappa shape index (κ3) is 12.9. The van der Waals surface area contributed by atoms with Crippen molar-refractivity contribution in [3.8, 4) is 22.4 Å². The first-order valence-electron chi connectivity index (χ1n) is 22.8. The predicted octanol–water partition coefficient (Wildman–Crippen LogP) is 6.34. The van der Waals surface area contributed by atoms with Gasteiger partial charge in [-0.1, -0.05) is 125 Å². The molecule has 5 aromatic rings. The van der Waals surface area contributed by atoms with Crippen molar-refractivity contribution in [2.24, 2.45) is 11.7 Å². The summed E-state index contributed by atoms with van der Waals surface area (Å²) in [6, 6.07) is 29.4. The van der Waals surface area contributed by atoms with Crippen LogP contribution in [0.25, 0.3) is 28.0 Å². The maximum Gasteiger partial charge on any atom is 0.251 e. The Kier molecular flexibility index (Phi) is 17.5. The van der Waals surface area contributed by atoms with Gasteiger partial charge in [-0.25, -0.2) is 4.98 Å². The molecule has 0 radical (unpaired) electrons. The van der Waals surface area contributed by atoms with Gasteiger partial charge in [0.25, 0.3) is 5.91 Å². The molecule has 12 nitrogen and oxygen atoms in total. The van der Waals surface area contributed by atoms with Crippen LogP contribution in [-0.4, -0.2) is 106 Å². The summed E-state index contributed by atoms with van der Waals surface area (Å²) in [6.07, 6.45) is 8.02. The fourth-order valence-corrected chi connectivity index (χ4v) is 8.48. The van der Waals surface area contributed by atoms with E-state index in [1.165, 1.54) is 12.0 Å². The number of benzene rings is 3. The number of aromatic nitrogens is 3. The monoisotopic (exact) mass is 845 g/mol. The fourth-order valence-electron chi connectivity index (χ4n) is 8.48. The Morgan fingerprint density at radius 3 is 2.13 bits per heavy atom. The molecule has 3 heterocycles. The molecule has 2 aromatic heterocycles. The molecule has 0 bridgehead atoms. The number of carbonyl (C=O) groups is 2. The molecule has 0 aliphatic carbocycles. The van der Waals surface area contributed by atoms with Gasteiger partial charge in [0.1, 0.15) is 18.0 Å². The van der Waals surface area contributed by atoms with Crippen molar-refractivity contribution >= 4 is 23.3 Å². The molecule has 1 saturated heterocycles. The number of hydrogen-bond donors (Lipinski definition) is 5. The third-order valence-corrected chi connectivity index (χ3v) is 11.9. The molecule has 0 spiro atoms. The lowest BCUT2D eigenvalue weighted by Gasteiger charge is -2.35. The van der Waals surface area contributed by atoms with Crippen molar-refractivity contribution in [1.29, 1.82) is 0 Å². The van der Waals surface area contributed by atoms with E-state index in [1.807, 2.05) is 54.8 Å². The average molecular weight is 845 g/mol. The molecule has 12 heteroatoms. The number of nitrogens with one attached hydrogen (secondary N) is 2. The Labute approximate surface area is 367 Å². The molecule has 2 amide bonds. The Bertz CT molecular complexity index is 2150. The van der Waals surface area contributed by atoms with E-state index in [4.69, 9.17) is 15.8 Å². The number of aliphatic hydroxyl groups excluding tert-OH is 2. The van der Waals surface area contributed by atoms with Gasteiger partial charge in [0.05, 0.1) is 18.0 Å². The molecule has 6 N–H and O–H groups in total. The van der Waals surface area contributed by atoms with Gasteiger partial charge in [-0.05, 0) is 67.7 Å². The summed E-state index contributed by atoms with van der Waals surface area (Å²) in [4.78, 5) is 36.0. The molecule has 1 aliphatic heterocycles. The van der Waals surface area contributed by atoms with Gasteiger partial charge >= 0.3 is 0 Å². The number of unbranched alkanes of at least 4 members (excludes halogenated alkanes) is 6. The van der Waals surface area contributed by atoms with Crippen LogP contribution in [-0.2, 0) is 22.4 Å². The zero-order chi connectivity index (χ0) is 43.8. The number of piperazine rings is 1. The van der Waals surface area contributed by atoms with E-state index < -0.39 is 24.1 Å². The molecule has 6 rings (SSSR count). The van der Waals surface area contributed by atoms with Gasteiger partial charge in [-0.2, -0.15) is 9.61 Å². The number of β-amino-alcohol motifs (C(OH)–C–C–N with tert-alkyl or cyclic N) is 1. The lowest BCUT2D eigenvalue weighted by Crippen LogP contribution is -2.54. The molecule has 1 fully saturated rings. The van der Waals surface area contributed by atoms with Crippen molar-refractivity contribution in [1.82, 2.24) is 30.1 Å². The van der Waals surface area contributed by atoms with Crippen molar-refractivity contribution in [2.75, 3.05) is 50.8 Å². The number of carbonyl (C=O) groups excluding carboxylic acids is 2. The molecular formula is C50H68N8O4. The van der Waals surface area contributed by atoms with E-state index in [0.717, 1.165) is 116 Å². The molecular weight excluding hydrogens is 777 g/mol. The molecule has 62 heavy (non-hydrogen) atoms. The summed E-state index contributed by atoms with van der Waals surface area (Å²) in [5, 5.41) is 30.9. The van der Waals surface area contributed by atoms with Crippen LogP contribution < -0.4 is 21.3 Å². The van der Waals surface area contributed by atoms with Crippen LogP contribution in [0.5, 0.6) is 0 Å². The minimum Gasteiger partial charge on any atom is -0.395 e. The van der Waals surface area contributed by atoms with Crippen molar-refractivity contribution in [2.45, 2.75) is 103 Å². The van der Waals surface area contributed by atoms with Crippen LogP contribution in [0.4, 0.5) is 5.82 Å². The van der Waals surface area contributed by atoms with Crippen molar-refractivity contribution in [3.63, 3.8) is 0 Å². The van der Waals surface area contributed by atoms with Crippen LogP contribution in [0.1, 0.15) is 82.0 Å². The van der Waals surface area contributed by atoms with E-state index in [2.05, 4.69) is 82.0 Å². The number of hydrogen-bond acceptors (Lipinski definition) is 9. The zero-order valence-corrected chi connectivity index (χ0v) is 37.0. The smallest absolute Gasteiger partial charge is 0.251 e. The van der Waals surface area contributed by atoms with E-state index in [0.29, 0.717) is 25.9 Å². The summed E-state index contributed by atoms with van der Waals surface area (Å²) in [7, 11) is 0. The normalized spacial score (nSPS) is 14.9. The first-order valence-corrected chi connectivity index (χ1v) is 22.8. The highest BCUT2D eigenvalue weighted by molar-refractivity contribution is 5.89. The summed E-state index contributed by atoms with van der Waals surface area (Å²) < 4.78 is 2.02. The van der Waals surface area contributed by atoms with Gasteiger partial charge in [0.2, 0.25) is 5.91 Å². The van der Waals surface area contributed by atoms with Gasteiger partial charge in [-0.15, -0.1) is 0 Å². The van der Waals surface area contributed by atoms with Gasteiger partial charge in [0, 0.05) is 62.5 Å². The van der Waals surface area contributed by atoms with Crippen LogP contribution in [0.15, 0.2) is 91.0 Å². The van der Waals surface area contributed by atoms with Gasteiger partial charge < -0.3 is 31.5 Å². The average Bonchev–Trinajstić information content (AvgIpc) is 3.62. The molecule has 0 saturated carbocycles. The van der Waals surface area contributed by atoms with Crippen molar-refractivity contribution in [3.05, 3.63) is 108 Å². The minimum absolute atomic E-state index is 0.174. The van der Waals surface area contributed by atoms with E-state index >= 15 is 0 Å². The topological polar surface area (TPSA) is 161 Å². The quantitative estimate of drug-likeness (QED) is 0.0473. The van der Waals surface area contributed by atoms with Gasteiger partial charge in [-0.3, -0.25) is 14.5 Å². The van der Waals surface area contributed by atoms with Crippen molar-refractivity contribution < 1.29 is 19.8 Å². The van der Waals surface area contributed by atoms with E-state index in [-0.39, 0.29) is 18.4 Å². The first-order chi connectivity index (χ1) is 30.1. The lowest BCUT2D eigenvalue weighted by atomic mass is 9.99. The maximum absolute atomic E-state index is 13.1. The highest BCUT2D eigenvalue weighted by Gasteiger charge is 2.29. The van der Waals surface area contributed by atoms with Crippen LogP contribution >= 0.6 is 0 Å². The van der Waals surface area contributed by atoms with E-state index in [9.17, 15) is 19.8 Å². The number of rotatable bonds is 23. The largest absolute Gasteiger partial charge is 0.395 e. The maximum atomic E-state index is 13.1. The number of aryl methyl sites for hydroxylation is 2. The number of nitrogens with two attached hydrogens (primary N) is 1. The fraction of sp³-hybridized carbons (Fsp3) is 0.480. The summed E-state index contributed by atoms with van der Waals surface area (Å²) in [5.41, 5.74) is 14.4. The zero-order valence-electron chi connectivity index (χ0n) is 37.0. The van der Waals surface area contributed by atoms with Crippen LogP contribution in [0.2, 0.25) is 0 Å². The van der Waals surface area contributed by atoms with Gasteiger partial charge in [0.15, 0.2) is 5.65 Å². The Morgan fingerprint density at radius 1 is 0.790 bits per heavy atom. The minimum atomic E-state index is -1.41. The summed E-state index contributed by atoms with van der Waals surface area (Å²) in [6.45, 7) is 11.0. The highest BCUT2D eigenvalue weighted by Crippen LogP contribution is 2.33. The Balaban J connectivity index is 0.954. The second kappa shape index (κ2) is 23.3. The second-order valence-corrected chi connectivity index (χ2v) is 17.3. The molecule has 0 unspecified atom stereocenters. The number of amides is 2. The lowest BCUT2D eigenvalue weighted by molar-refractivity contribution is -0.135. The number of nitrogens with zero attached hydrogens (tertiary/aromatic N) is 5. The Morgan fingerprint density at radius 2 is 1.44 bits per heavy atom. The molecule has 332 valence electrons. The first kappa shape index (κ1) is 46.4. The molecule has 1 aliphatic rings. The summed E-state index contributed by atoms with van der Waals surface area (Å²) >= 11 is 0. The molecule has 3 atom stereocenters. The number of anilines is 1.